The molecule has 0 spiro atoms. The summed E-state index contributed by atoms with van der Waals surface area (Å²) in [4.78, 5) is 24.5. The summed E-state index contributed by atoms with van der Waals surface area (Å²) in [5.41, 5.74) is 1.46. The predicted octanol–water partition coefficient (Wildman–Crippen LogP) is 3.24. The minimum atomic E-state index is -0.311. The molecule has 2 amide bonds. The molecule has 0 aliphatic heterocycles. The van der Waals surface area contributed by atoms with E-state index in [0.29, 0.717) is 23.7 Å². The van der Waals surface area contributed by atoms with Crippen LogP contribution in [0.4, 0.5) is 5.69 Å². The van der Waals surface area contributed by atoms with Crippen molar-refractivity contribution in [1.29, 1.82) is 0 Å². The maximum atomic E-state index is 12.3. The maximum Gasteiger partial charge on any atom is 0.228 e. The molecule has 3 rings (SSSR count). The fraction of sp³-hybridized carbons (Fsp3) is 0.263. The van der Waals surface area contributed by atoms with Gasteiger partial charge >= 0.3 is 0 Å². The summed E-state index contributed by atoms with van der Waals surface area (Å²) in [6.07, 6.45) is 0.550. The van der Waals surface area contributed by atoms with Crippen molar-refractivity contribution in [1.82, 2.24) is 5.32 Å². The lowest BCUT2D eigenvalue weighted by molar-refractivity contribution is -0.125. The van der Waals surface area contributed by atoms with Gasteiger partial charge in [0.2, 0.25) is 11.8 Å². The highest BCUT2D eigenvalue weighted by molar-refractivity contribution is 6.33. The average Bonchev–Trinajstić information content (AvgIpc) is 3.43. The number of hydrogen-bond donors (Lipinski definition) is 2. The van der Waals surface area contributed by atoms with E-state index in [-0.39, 0.29) is 23.7 Å². The summed E-state index contributed by atoms with van der Waals surface area (Å²) in [6.45, 7) is 0.373. The van der Waals surface area contributed by atoms with Crippen LogP contribution in [-0.2, 0) is 16.1 Å². The second-order valence-corrected chi connectivity index (χ2v) is 6.35. The number of hydrogen-bond acceptors (Lipinski definition) is 3. The Labute approximate surface area is 151 Å². The second kappa shape index (κ2) is 7.57. The van der Waals surface area contributed by atoms with Gasteiger partial charge in [0.25, 0.3) is 0 Å². The van der Waals surface area contributed by atoms with E-state index in [9.17, 15) is 9.59 Å². The normalized spacial score (nSPS) is 18.3. The van der Waals surface area contributed by atoms with E-state index >= 15 is 0 Å². The Morgan fingerprint density at radius 1 is 1.08 bits per heavy atom. The average molecular weight is 359 g/mol. The van der Waals surface area contributed by atoms with E-state index in [4.69, 9.17) is 16.3 Å². The molecule has 25 heavy (non-hydrogen) atoms. The van der Waals surface area contributed by atoms with Crippen molar-refractivity contribution >= 4 is 29.1 Å². The summed E-state index contributed by atoms with van der Waals surface area (Å²) in [5, 5.41) is 6.13. The van der Waals surface area contributed by atoms with Crippen LogP contribution in [0, 0.1) is 11.8 Å². The molecule has 0 heterocycles. The molecule has 0 saturated heterocycles. The third-order valence-corrected chi connectivity index (χ3v) is 4.57. The number of nitrogens with one attached hydrogen (secondary N) is 2. The van der Waals surface area contributed by atoms with Crippen LogP contribution in [0.15, 0.2) is 48.5 Å². The number of rotatable bonds is 6. The van der Waals surface area contributed by atoms with Gasteiger partial charge in [-0.25, -0.2) is 0 Å². The summed E-state index contributed by atoms with van der Waals surface area (Å²) in [6, 6.07) is 14.5. The molecule has 1 fully saturated rings. The van der Waals surface area contributed by atoms with Crippen molar-refractivity contribution in [2.75, 3.05) is 12.4 Å². The third-order valence-electron chi connectivity index (χ3n) is 4.24. The van der Waals surface area contributed by atoms with E-state index < -0.39 is 0 Å². The Kier molecular flexibility index (Phi) is 5.24. The lowest BCUT2D eigenvalue weighted by Crippen LogP contribution is -2.27. The highest BCUT2D eigenvalue weighted by atomic mass is 35.5. The van der Waals surface area contributed by atoms with Crippen LogP contribution in [0.2, 0.25) is 5.02 Å². The monoisotopic (exact) mass is 358 g/mol. The summed E-state index contributed by atoms with van der Waals surface area (Å²) in [7, 11) is 1.59. The zero-order chi connectivity index (χ0) is 17.8. The smallest absolute Gasteiger partial charge is 0.228 e. The maximum absolute atomic E-state index is 12.3. The number of halogens is 1. The molecular weight excluding hydrogens is 340 g/mol. The topological polar surface area (TPSA) is 67.4 Å². The molecule has 2 atom stereocenters. The second-order valence-electron chi connectivity index (χ2n) is 5.95. The minimum Gasteiger partial charge on any atom is -0.496 e. The van der Waals surface area contributed by atoms with Gasteiger partial charge < -0.3 is 15.4 Å². The van der Waals surface area contributed by atoms with Crippen molar-refractivity contribution in [3.05, 3.63) is 59.1 Å². The minimum absolute atomic E-state index is 0.120. The number of amides is 2. The van der Waals surface area contributed by atoms with Gasteiger partial charge in [0.1, 0.15) is 5.75 Å². The Morgan fingerprint density at radius 3 is 2.52 bits per heavy atom. The molecule has 0 radical (unpaired) electrons. The first-order valence-corrected chi connectivity index (χ1v) is 8.43. The van der Waals surface area contributed by atoms with E-state index in [1.54, 1.807) is 31.4 Å². The summed E-state index contributed by atoms with van der Waals surface area (Å²) in [5.74, 6) is -0.173. The number of ether oxygens (including phenoxy) is 1. The van der Waals surface area contributed by atoms with Gasteiger partial charge in [-0.1, -0.05) is 41.9 Å². The van der Waals surface area contributed by atoms with Crippen molar-refractivity contribution in [3.8, 4) is 5.75 Å². The highest BCUT2D eigenvalue weighted by Crippen LogP contribution is 2.40. The molecule has 2 aromatic rings. The zero-order valence-corrected chi connectivity index (χ0v) is 14.5. The number of carbonyl (C=O) groups is 2. The predicted molar refractivity (Wildman–Crippen MR) is 96.5 cm³/mol. The number of methoxy groups -OCH3 is 1. The van der Waals surface area contributed by atoms with Crippen LogP contribution in [0.25, 0.3) is 0 Å². The Morgan fingerprint density at radius 2 is 1.76 bits per heavy atom. The van der Waals surface area contributed by atoms with Crippen molar-refractivity contribution in [3.63, 3.8) is 0 Å². The number of anilines is 1. The van der Waals surface area contributed by atoms with Crippen LogP contribution in [0.5, 0.6) is 5.75 Å². The van der Waals surface area contributed by atoms with Gasteiger partial charge in [-0.3, -0.25) is 9.59 Å². The molecule has 2 N–H and O–H groups in total. The molecule has 6 heteroatoms. The van der Waals surface area contributed by atoms with Gasteiger partial charge in [0.05, 0.1) is 29.7 Å². The van der Waals surface area contributed by atoms with Crippen molar-refractivity contribution in [2.24, 2.45) is 11.8 Å². The fourth-order valence-corrected chi connectivity index (χ4v) is 2.91. The quantitative estimate of drug-likeness (QED) is 0.833. The molecule has 1 saturated carbocycles. The van der Waals surface area contributed by atoms with Crippen LogP contribution >= 0.6 is 11.6 Å². The van der Waals surface area contributed by atoms with Gasteiger partial charge in [0, 0.05) is 12.1 Å². The van der Waals surface area contributed by atoms with Crippen molar-refractivity contribution < 1.29 is 14.3 Å². The molecule has 0 bridgehead atoms. The lowest BCUT2D eigenvalue weighted by atomic mass is 10.2. The van der Waals surface area contributed by atoms with Crippen molar-refractivity contribution in [2.45, 2.75) is 13.0 Å². The van der Waals surface area contributed by atoms with Gasteiger partial charge in [-0.05, 0) is 24.6 Å². The Hall–Kier alpha value is -2.53. The van der Waals surface area contributed by atoms with E-state index in [1.807, 2.05) is 24.3 Å². The lowest BCUT2D eigenvalue weighted by Gasteiger charge is -2.10. The molecule has 0 aromatic heterocycles. The molecule has 1 aliphatic carbocycles. The zero-order valence-electron chi connectivity index (χ0n) is 13.8. The molecule has 5 nitrogen and oxygen atoms in total. The molecule has 2 aromatic carbocycles. The Bertz CT molecular complexity index is 794. The Balaban J connectivity index is 1.52. The number of para-hydroxylation sites is 2. The van der Waals surface area contributed by atoms with Gasteiger partial charge in [0.15, 0.2) is 0 Å². The molecule has 130 valence electrons. The summed E-state index contributed by atoms with van der Waals surface area (Å²) >= 11 is 6.03. The molecule has 2 unspecified atom stereocenters. The van der Waals surface area contributed by atoms with E-state index in [1.165, 1.54) is 0 Å². The van der Waals surface area contributed by atoms with E-state index in [2.05, 4.69) is 10.6 Å². The van der Waals surface area contributed by atoms with Crippen LogP contribution in [0.3, 0.4) is 0 Å². The van der Waals surface area contributed by atoms with E-state index in [0.717, 1.165) is 11.3 Å². The van der Waals surface area contributed by atoms with Crippen LogP contribution in [-0.4, -0.2) is 18.9 Å². The molecular formula is C19H19ClN2O3. The van der Waals surface area contributed by atoms with Crippen LogP contribution in [0.1, 0.15) is 12.0 Å². The van der Waals surface area contributed by atoms with Gasteiger partial charge in [-0.15, -0.1) is 0 Å². The number of benzene rings is 2. The number of carbonyl (C=O) groups excluding carboxylic acids is 2. The largest absolute Gasteiger partial charge is 0.496 e. The first-order chi connectivity index (χ1) is 12.1. The molecule has 1 aliphatic rings. The third kappa shape index (κ3) is 4.12. The van der Waals surface area contributed by atoms with Crippen LogP contribution < -0.4 is 15.4 Å². The first kappa shape index (κ1) is 17.3. The first-order valence-electron chi connectivity index (χ1n) is 8.05. The SMILES string of the molecule is COc1ccccc1CNC(=O)C1CC1C(=O)Nc1ccccc1Cl. The van der Waals surface area contributed by atoms with Gasteiger partial charge in [-0.2, -0.15) is 0 Å². The summed E-state index contributed by atoms with van der Waals surface area (Å²) < 4.78 is 5.26. The standard InChI is InChI=1S/C19H19ClN2O3/c1-25-17-9-5-2-6-12(17)11-21-18(23)13-10-14(13)19(24)22-16-8-4-3-7-15(16)20/h2-9,13-14H,10-11H2,1H3,(H,21,23)(H,22,24). The highest BCUT2D eigenvalue weighted by Gasteiger charge is 2.48. The fourth-order valence-electron chi connectivity index (χ4n) is 2.72.